The van der Waals surface area contributed by atoms with Crippen LogP contribution in [-0.2, 0) is 47.7 Å². The predicted octanol–water partition coefficient (Wildman–Crippen LogP) is 9.42. The lowest BCUT2D eigenvalue weighted by Crippen LogP contribution is -2.62. The molecule has 344 valence electrons. The van der Waals surface area contributed by atoms with Crippen LogP contribution in [0.25, 0.3) is 0 Å². The van der Waals surface area contributed by atoms with Gasteiger partial charge in [0.1, 0.15) is 36.0 Å². The second-order valence-corrected chi connectivity index (χ2v) is 23.7. The van der Waals surface area contributed by atoms with Crippen molar-refractivity contribution in [3.63, 3.8) is 0 Å². The Hall–Kier alpha value is -2.78. The Morgan fingerprint density at radius 3 is 1.26 bits per heavy atom. The molecule has 8 heterocycles. The van der Waals surface area contributed by atoms with Crippen molar-refractivity contribution >= 4 is 35.4 Å². The first kappa shape index (κ1) is 44.4. The fourth-order valence-corrected chi connectivity index (χ4v) is 18.1. The van der Waals surface area contributed by atoms with Gasteiger partial charge in [-0.1, -0.05) is 41.5 Å². The zero-order valence-corrected chi connectivity index (χ0v) is 39.0. The van der Waals surface area contributed by atoms with Gasteiger partial charge in [0.05, 0.1) is 0 Å². The van der Waals surface area contributed by atoms with Crippen LogP contribution in [0.5, 0.6) is 0 Å². The molecule has 0 aromatic carbocycles. The number of Topliss-reactive ketones (excluding diaryl/α,β-unsaturated/α-hetero) is 2. The lowest BCUT2D eigenvalue weighted by atomic mass is 9.43. The molecule has 8 aliphatic heterocycles. The number of esters is 4. The molecule has 0 aromatic heterocycles. The number of hydrogen-bond acceptors (Lipinski definition) is 10. The highest BCUT2D eigenvalue weighted by Gasteiger charge is 2.69. The minimum absolute atomic E-state index is 0.0872. The smallest absolute Gasteiger partial charge is 0.306 e. The lowest BCUT2D eigenvalue weighted by molar-refractivity contribution is -0.197. The summed E-state index contributed by atoms with van der Waals surface area (Å²) in [5, 5.41) is 0. The van der Waals surface area contributed by atoms with Gasteiger partial charge in [-0.25, -0.2) is 0 Å². The Kier molecular flexibility index (Phi) is 11.4. The highest BCUT2D eigenvalue weighted by atomic mass is 16.6. The van der Waals surface area contributed by atoms with E-state index in [2.05, 4.69) is 41.5 Å². The van der Waals surface area contributed by atoms with E-state index in [4.69, 9.17) is 18.9 Å². The van der Waals surface area contributed by atoms with E-state index in [1.54, 1.807) is 0 Å². The highest BCUT2D eigenvalue weighted by Crippen LogP contribution is 2.70. The normalized spacial score (nSPS) is 51.5. The van der Waals surface area contributed by atoms with Crippen LogP contribution in [0.15, 0.2) is 0 Å². The summed E-state index contributed by atoms with van der Waals surface area (Å²) in [6, 6.07) is 0. The highest BCUT2D eigenvalue weighted by molar-refractivity contribution is 5.88. The molecule has 8 saturated carbocycles. The lowest BCUT2D eigenvalue weighted by Gasteiger charge is -2.62. The van der Waals surface area contributed by atoms with Gasteiger partial charge in [-0.2, -0.15) is 0 Å². The van der Waals surface area contributed by atoms with Crippen LogP contribution in [0.2, 0.25) is 0 Å². The van der Waals surface area contributed by atoms with E-state index < -0.39 is 10.8 Å². The van der Waals surface area contributed by atoms with Crippen molar-refractivity contribution in [2.75, 3.05) is 0 Å². The summed E-state index contributed by atoms with van der Waals surface area (Å²) in [6.07, 6.45) is 11.5. The molecular weight excluding hydrogens is 785 g/mol. The molecule has 0 spiro atoms. The van der Waals surface area contributed by atoms with E-state index in [1.807, 2.05) is 0 Å². The fraction of sp³-hybridized carbons (Fsp3) is 0.885. The average Bonchev–Trinajstić information content (AvgIpc) is 3.75. The Labute approximate surface area is 370 Å². The molecule has 20 atom stereocenters. The first-order valence-corrected chi connectivity index (χ1v) is 25.1. The Bertz CT molecular complexity index is 1710. The monoisotopic (exact) mass is 861 g/mol. The van der Waals surface area contributed by atoms with Crippen LogP contribution >= 0.6 is 0 Å². The van der Waals surface area contributed by atoms with Crippen LogP contribution in [0.1, 0.15) is 171 Å². The van der Waals surface area contributed by atoms with Crippen molar-refractivity contribution in [3.05, 3.63) is 0 Å². The van der Waals surface area contributed by atoms with Gasteiger partial charge in [-0.15, -0.1) is 0 Å². The van der Waals surface area contributed by atoms with Crippen molar-refractivity contribution in [2.24, 2.45) is 92.7 Å². The minimum Gasteiger partial charge on any atom is -0.462 e. The third-order valence-corrected chi connectivity index (χ3v) is 21.3. The fourth-order valence-electron chi connectivity index (χ4n) is 18.1. The summed E-state index contributed by atoms with van der Waals surface area (Å²) < 4.78 is 25.1. The molecule has 0 radical (unpaired) electrons. The Morgan fingerprint density at radius 1 is 0.516 bits per heavy atom. The van der Waals surface area contributed by atoms with E-state index in [9.17, 15) is 28.8 Å². The summed E-state index contributed by atoms with van der Waals surface area (Å²) in [7, 11) is 0. The molecule has 16 fully saturated rings. The first-order chi connectivity index (χ1) is 29.3. The van der Waals surface area contributed by atoms with Crippen LogP contribution < -0.4 is 0 Å². The van der Waals surface area contributed by atoms with E-state index in [0.29, 0.717) is 75.8 Å². The molecule has 0 amide bonds. The number of carbonyl (C=O) groups excluding carboxylic acids is 6. The van der Waals surface area contributed by atoms with Crippen molar-refractivity contribution in [1.29, 1.82) is 0 Å². The predicted molar refractivity (Wildman–Crippen MR) is 230 cm³/mol. The number of hydrogen-bond donors (Lipinski definition) is 0. The SMILES string of the molecule is CC(=O)O[C@@H]1C[C@@H]2C[C@H]3CC[C@]2(C)[C@H]2CC(=O)[C@]4(C)[C@H](CC[C@H]4[C@H]12)[C@@H](C)CCC(=O)O[C@@H]1CC[C@@]2(C)[C@@H](C1)C[C@@H](OC(C)=O)[C@@H]1[C@@H]2CC(=O)[C@]2(C)[C@H](CC[C@@H]12)[C@@H](C)CCC(=O)O3. The quantitative estimate of drug-likeness (QED) is 0.195. The summed E-state index contributed by atoms with van der Waals surface area (Å²) in [5.74, 6) is 1.11. The maximum absolute atomic E-state index is 14.7. The summed E-state index contributed by atoms with van der Waals surface area (Å²) in [6.45, 7) is 16.5. The number of ether oxygens (including phenoxy) is 4. The zero-order chi connectivity index (χ0) is 44.3. The second kappa shape index (κ2) is 16.0. The molecular formula is C52H76O10. The van der Waals surface area contributed by atoms with Crippen LogP contribution in [0.4, 0.5) is 0 Å². The van der Waals surface area contributed by atoms with Gasteiger partial charge < -0.3 is 18.9 Å². The van der Waals surface area contributed by atoms with Gasteiger partial charge in [0.2, 0.25) is 0 Å². The van der Waals surface area contributed by atoms with Gasteiger partial charge in [-0.05, 0) is 160 Å². The van der Waals surface area contributed by atoms with Crippen LogP contribution in [0.3, 0.4) is 0 Å². The molecule has 0 aromatic rings. The van der Waals surface area contributed by atoms with Crippen LogP contribution in [-0.4, -0.2) is 59.9 Å². The van der Waals surface area contributed by atoms with Crippen molar-refractivity contribution in [3.8, 4) is 0 Å². The molecule has 10 heteroatoms. The molecule has 0 unspecified atom stereocenters. The van der Waals surface area contributed by atoms with E-state index in [-0.39, 0.29) is 130 Å². The molecule has 8 saturated heterocycles. The third kappa shape index (κ3) is 6.96. The Balaban J connectivity index is 1.02. The van der Waals surface area contributed by atoms with Crippen molar-refractivity contribution in [2.45, 2.75) is 195 Å². The Morgan fingerprint density at radius 2 is 0.887 bits per heavy atom. The molecule has 0 N–H and O–H groups in total. The largest absolute Gasteiger partial charge is 0.462 e. The second-order valence-electron chi connectivity index (χ2n) is 23.7. The number of rotatable bonds is 2. The van der Waals surface area contributed by atoms with E-state index in [1.165, 1.54) is 13.8 Å². The van der Waals surface area contributed by atoms with Crippen LogP contribution in [0, 0.1) is 92.7 Å². The topological polar surface area (TPSA) is 139 Å². The maximum atomic E-state index is 14.7. The third-order valence-electron chi connectivity index (χ3n) is 21.3. The number of carbonyl (C=O) groups is 6. The van der Waals surface area contributed by atoms with Gasteiger partial charge in [-0.3, -0.25) is 28.8 Å². The first-order valence-electron chi connectivity index (χ1n) is 25.1. The van der Waals surface area contributed by atoms with Gasteiger partial charge in [0, 0.05) is 62.2 Å². The molecule has 8 aliphatic carbocycles. The number of ketones is 2. The van der Waals surface area contributed by atoms with E-state index >= 15 is 0 Å². The molecule has 16 bridgehead atoms. The van der Waals surface area contributed by atoms with Crippen molar-refractivity contribution < 1.29 is 47.7 Å². The minimum atomic E-state index is -0.554. The van der Waals surface area contributed by atoms with Gasteiger partial charge in [0.25, 0.3) is 0 Å². The summed E-state index contributed by atoms with van der Waals surface area (Å²) in [4.78, 5) is 82.4. The average molecular weight is 861 g/mol. The van der Waals surface area contributed by atoms with Gasteiger partial charge >= 0.3 is 23.9 Å². The van der Waals surface area contributed by atoms with E-state index in [0.717, 1.165) is 51.4 Å². The van der Waals surface area contributed by atoms with Gasteiger partial charge in [0.15, 0.2) is 0 Å². The summed E-state index contributed by atoms with van der Waals surface area (Å²) >= 11 is 0. The summed E-state index contributed by atoms with van der Waals surface area (Å²) in [5.41, 5.74) is -1.37. The standard InChI is InChI=1S/C52H76O10/c1-27-9-15-45(57)61-33-17-19-50(6)31(21-33)24-42(60-30(4)54)48-38-14-12-36(52(38,8)44(56)26-40(48)50)28(2)10-16-46(58)62-34-18-20-49(5)32(22-34)23-41(59-29(3)53)47-37-13-11-35(27)51(37,7)43(55)25-39(47)49/h27-28,31-42,47-48H,9-26H2,1-8H3/t27-,28-,31-,32-,33+,34+,35+,36+,37-,38-,39-,40-,41+,42+,47-,48-,49-,50-,51+,52+/m0/s1. The maximum Gasteiger partial charge on any atom is 0.306 e. The van der Waals surface area contributed by atoms with Crippen molar-refractivity contribution in [1.82, 2.24) is 0 Å². The molecule has 16 aliphatic rings. The molecule has 62 heavy (non-hydrogen) atoms. The zero-order valence-electron chi connectivity index (χ0n) is 39.0. The molecule has 10 nitrogen and oxygen atoms in total. The molecule has 16 rings (SSSR count).